The van der Waals surface area contributed by atoms with E-state index in [1.807, 2.05) is 170 Å². The van der Waals surface area contributed by atoms with Gasteiger partial charge in [-0.3, -0.25) is 52.7 Å². The van der Waals surface area contributed by atoms with E-state index in [2.05, 4.69) is 78.1 Å². The normalized spacial score (nSPS) is 16.0. The number of fused-ring (bicyclic) bond motifs is 8. The number of benzene rings is 7. The Morgan fingerprint density at radius 2 is 0.565 bits per heavy atom. The molecule has 7 aromatic carbocycles. The van der Waals surface area contributed by atoms with Gasteiger partial charge < -0.3 is 126 Å². The van der Waals surface area contributed by atoms with Gasteiger partial charge in [0.1, 0.15) is 79.1 Å². The van der Waals surface area contributed by atoms with Crippen molar-refractivity contribution in [1.29, 1.82) is 0 Å². The minimum Gasteiger partial charge on any atom is -0.480 e. The fourth-order valence-corrected chi connectivity index (χ4v) is 20.7. The topological polar surface area (TPSA) is 587 Å². The Labute approximate surface area is 851 Å². The van der Waals surface area contributed by atoms with Crippen molar-refractivity contribution < 1.29 is 72.2 Å². The van der Waals surface area contributed by atoms with E-state index in [4.69, 9.17) is 33.4 Å². The third kappa shape index (κ3) is 26.8. The van der Waals surface area contributed by atoms with Crippen LogP contribution in [0.5, 0.6) is 0 Å². The summed E-state index contributed by atoms with van der Waals surface area (Å²) in [5.41, 5.74) is 40.9. The van der Waals surface area contributed by atoms with E-state index >= 15 is 47.9 Å². The monoisotopic (exact) mass is 2010 g/mol. The van der Waals surface area contributed by atoms with Gasteiger partial charge in [-0.05, 0) is 235 Å². The molecular formula is C110H136N22O15. The van der Waals surface area contributed by atoms with Crippen molar-refractivity contribution in [3.05, 3.63) is 240 Å². The SMILES string of the molecule is NCCCC[C@H](NC(=O)[C@H](Cc1c[nH]c2ccccc12)NC(=O)[C@H](CCCCN)NC(=O)[C@H](Cc1c[nH]c2ccccc12)NC(=O)[C@@H]1CCCN1C(=O)[C@H](CCCCN)NC(=O)[C@H](Cc1c[nH]c2ccccc12)NC(=O)[C@@H]1CCCN1C(=O)[C@H](Cc1c[nH]c2ccccc12)NC(=O)[C@H](CCCCN)NC(=O)[C@H](Cc1c[nH]c2ccccc12)NC(=O)[C@H](CCCCN)NC(=O)OCC1c2ccccc2-c2ccccc21)C(=O)O. The van der Waals surface area contributed by atoms with E-state index in [0.717, 1.165) is 76.8 Å². The summed E-state index contributed by atoms with van der Waals surface area (Å²) in [6.45, 7) is 1.33. The van der Waals surface area contributed by atoms with Crippen molar-refractivity contribution in [2.24, 2.45) is 28.7 Å². The van der Waals surface area contributed by atoms with Gasteiger partial charge in [0.2, 0.25) is 65.0 Å². The zero-order chi connectivity index (χ0) is 103. The molecule has 37 heteroatoms. The molecule has 12 aromatic rings. The maximum Gasteiger partial charge on any atom is 0.407 e. The lowest BCUT2D eigenvalue weighted by molar-refractivity contribution is -0.143. The second-order valence-electron chi connectivity index (χ2n) is 38.5. The van der Waals surface area contributed by atoms with Crippen LogP contribution in [-0.4, -0.2) is 242 Å². The van der Waals surface area contributed by atoms with E-state index in [9.17, 15) is 19.5 Å². The molecule has 0 spiro atoms. The Morgan fingerprint density at radius 3 is 0.905 bits per heavy atom. The molecule has 2 saturated heterocycles. The van der Waals surface area contributed by atoms with Crippen LogP contribution in [-0.2, 0) is 94.4 Å². The van der Waals surface area contributed by atoms with Gasteiger partial charge in [-0.2, -0.15) is 0 Å². The number of carbonyl (C=O) groups is 13. The Hall–Kier alpha value is -15.1. The largest absolute Gasteiger partial charge is 0.480 e. The van der Waals surface area contributed by atoms with Crippen molar-refractivity contribution in [3.63, 3.8) is 0 Å². The number of rotatable bonds is 54. The van der Waals surface area contributed by atoms with Crippen molar-refractivity contribution in [2.45, 2.75) is 233 Å². The molecule has 37 nitrogen and oxygen atoms in total. The summed E-state index contributed by atoms with van der Waals surface area (Å²) >= 11 is 0. The van der Waals surface area contributed by atoms with Gasteiger partial charge in [0.15, 0.2) is 0 Å². The smallest absolute Gasteiger partial charge is 0.407 e. The number of unbranched alkanes of at least 4 members (excludes halogenated alkanes) is 5. The molecule has 12 amide bonds. The predicted octanol–water partition coefficient (Wildman–Crippen LogP) is 7.59. The van der Waals surface area contributed by atoms with Crippen LogP contribution in [0.25, 0.3) is 65.6 Å². The summed E-state index contributed by atoms with van der Waals surface area (Å²) in [5, 5.41) is 43.2. The Kier molecular flexibility index (Phi) is 37.3. The maximum absolute atomic E-state index is 16.1. The number of ether oxygens (including phenoxy) is 1. The number of alkyl carbamates (subject to hydrolysis) is 1. The Bertz CT molecular complexity index is 6580. The van der Waals surface area contributed by atoms with Gasteiger partial charge in [-0.1, -0.05) is 140 Å². The third-order valence-corrected chi connectivity index (χ3v) is 28.5. The molecular weight excluding hydrogens is 1870 g/mol. The summed E-state index contributed by atoms with van der Waals surface area (Å²) < 4.78 is 5.96. The number of aliphatic carboxylic acids is 1. The molecule has 776 valence electrons. The zero-order valence-corrected chi connectivity index (χ0v) is 82.6. The number of carboxylic acid groups (broad SMARTS) is 1. The first-order chi connectivity index (χ1) is 71.5. The van der Waals surface area contributed by atoms with E-state index < -0.39 is 150 Å². The van der Waals surface area contributed by atoms with Gasteiger partial charge in [0, 0.05) is 137 Å². The van der Waals surface area contributed by atoms with Gasteiger partial charge >= 0.3 is 12.1 Å². The highest BCUT2D eigenvalue weighted by Crippen LogP contribution is 2.45. The molecule has 0 saturated carbocycles. The molecule has 0 unspecified atom stereocenters. The number of nitrogens with two attached hydrogens (primary N) is 5. The molecule has 7 heterocycles. The standard InChI is InChI=1S/C110H136N22O15/c111-48-20-15-41-86(98(133)125-92(56-67-61-117-82-37-11-6-28-72(67)82)104(139)124-90(109(144)145)45-19-24-52-115)121-102(137)93(57-68-62-118-83-38-12-7-29-73(68)83)127-105(140)96-46-25-53-131(96)107(142)89(44-18-23-51-114)123-103(138)94(58-69-63-119-84-39-13-8-30-74(69)84)128-106(141)97-47-26-54-132(97)108(143)95(59-70-64-120-85-40-14-9-31-75(70)85)129-99(134)87(42-16-21-49-112)122-101(136)91(55-66-60-116-81-36-10-5-27-71(66)81)126-100(135)88(43-17-22-50-113)130-110(146)147-65-80-78-34-3-1-32-76(78)77-33-2-4-35-79(77)80/h1-14,27-40,60-64,80,86-97,116-120H,15-26,41-59,65,111-115H2,(H,121,137)(H,122,136)(H,123,138)(H,124,139)(H,125,133)(H,126,135)(H,127,140)(H,128,141)(H,129,134)(H,130,146)(H,144,145)/t86-,87-,88-,89-,90-,91-,92-,93-,94-,95-,96-,97-/m0/s1. The van der Waals surface area contributed by atoms with Crippen LogP contribution in [0.3, 0.4) is 0 Å². The number of para-hydroxylation sites is 5. The number of likely N-dealkylation sites (tertiary alicyclic amines) is 2. The molecule has 15 rings (SSSR count). The first-order valence-electron chi connectivity index (χ1n) is 51.4. The lowest BCUT2D eigenvalue weighted by Crippen LogP contribution is -2.61. The highest BCUT2D eigenvalue weighted by Gasteiger charge is 2.45. The lowest BCUT2D eigenvalue weighted by Gasteiger charge is -2.32. The summed E-state index contributed by atoms with van der Waals surface area (Å²) in [4.78, 5) is 216. The molecule has 5 aromatic heterocycles. The molecule has 2 aliphatic heterocycles. The lowest BCUT2D eigenvalue weighted by atomic mass is 9.98. The summed E-state index contributed by atoms with van der Waals surface area (Å²) in [6.07, 6.45) is 12.4. The number of H-pyrrole nitrogens is 5. The van der Waals surface area contributed by atoms with Crippen LogP contribution in [0, 0.1) is 0 Å². The van der Waals surface area contributed by atoms with E-state index in [1.165, 1.54) is 9.80 Å². The minimum atomic E-state index is -1.45. The summed E-state index contributed by atoms with van der Waals surface area (Å²) in [7, 11) is 0. The maximum atomic E-state index is 16.1. The average Bonchev–Trinajstić information content (AvgIpc) is 1.61. The van der Waals surface area contributed by atoms with Crippen molar-refractivity contribution >= 4 is 132 Å². The number of hydrogen-bond donors (Lipinski definition) is 21. The van der Waals surface area contributed by atoms with Gasteiger partial charge in [-0.15, -0.1) is 0 Å². The van der Waals surface area contributed by atoms with Gasteiger partial charge in [0.25, 0.3) is 0 Å². The first-order valence-corrected chi connectivity index (χ1v) is 51.4. The number of hydrogen-bond acceptors (Lipinski definition) is 19. The average molecular weight is 2010 g/mol. The number of nitrogens with one attached hydrogen (secondary N) is 15. The second kappa shape index (κ2) is 51.6. The van der Waals surface area contributed by atoms with Crippen LogP contribution in [0.15, 0.2) is 201 Å². The highest BCUT2D eigenvalue weighted by molar-refractivity contribution is 6.02. The van der Waals surface area contributed by atoms with E-state index in [0.29, 0.717) is 118 Å². The number of carbonyl (C=O) groups excluding carboxylic acids is 12. The first kappa shape index (κ1) is 106. The molecule has 12 atom stereocenters. The van der Waals surface area contributed by atoms with Gasteiger partial charge in [-0.25, -0.2) is 9.59 Å². The third-order valence-electron chi connectivity index (χ3n) is 28.5. The summed E-state index contributed by atoms with van der Waals surface area (Å²) in [6, 6.07) is 36.7. The fourth-order valence-electron chi connectivity index (χ4n) is 20.7. The minimum absolute atomic E-state index is 0.0140. The molecule has 1 aliphatic carbocycles. The van der Waals surface area contributed by atoms with Crippen LogP contribution in [0.2, 0.25) is 0 Å². The number of carboxylic acids is 1. The Balaban J connectivity index is 0.668. The molecule has 147 heavy (non-hydrogen) atoms. The number of nitrogens with zero attached hydrogens (tertiary/aromatic N) is 2. The number of aromatic amines is 5. The van der Waals surface area contributed by atoms with Crippen LogP contribution >= 0.6 is 0 Å². The fraction of sp³-hybridized carbons (Fsp3) is 0.409. The van der Waals surface area contributed by atoms with E-state index in [-0.39, 0.29) is 122 Å². The quantitative estimate of drug-likeness (QED) is 0.0163. The Morgan fingerprint density at radius 1 is 0.306 bits per heavy atom. The molecule has 0 bridgehead atoms. The molecule has 3 aliphatic rings. The van der Waals surface area contributed by atoms with Crippen LogP contribution < -0.4 is 81.8 Å². The molecule has 0 radical (unpaired) electrons. The van der Waals surface area contributed by atoms with Crippen molar-refractivity contribution in [1.82, 2.24) is 87.9 Å². The van der Waals surface area contributed by atoms with Crippen molar-refractivity contribution in [2.75, 3.05) is 52.4 Å². The summed E-state index contributed by atoms with van der Waals surface area (Å²) in [5.74, 6) is -9.70. The van der Waals surface area contributed by atoms with Crippen molar-refractivity contribution in [3.8, 4) is 11.1 Å². The van der Waals surface area contributed by atoms with Crippen LogP contribution in [0.4, 0.5) is 4.79 Å². The predicted molar refractivity (Wildman–Crippen MR) is 561 cm³/mol. The van der Waals surface area contributed by atoms with E-state index in [1.54, 1.807) is 31.0 Å². The number of amides is 12. The van der Waals surface area contributed by atoms with Crippen LogP contribution in [0.1, 0.15) is 167 Å². The second-order valence-corrected chi connectivity index (χ2v) is 38.5. The molecule has 26 N–H and O–H groups in total. The highest BCUT2D eigenvalue weighted by atomic mass is 16.5. The molecule has 2 fully saturated rings. The number of aromatic nitrogens is 5. The zero-order valence-electron chi connectivity index (χ0n) is 82.6. The van der Waals surface area contributed by atoms with Gasteiger partial charge in [0.05, 0.1) is 0 Å².